The molecule has 0 heterocycles. The summed E-state index contributed by atoms with van der Waals surface area (Å²) in [6, 6.07) is 18.4. The lowest BCUT2D eigenvalue weighted by Crippen LogP contribution is -2.40. The molecule has 0 aliphatic rings. The van der Waals surface area contributed by atoms with Crippen molar-refractivity contribution in [3.05, 3.63) is 66.2 Å². The van der Waals surface area contributed by atoms with E-state index in [1.165, 1.54) is 0 Å². The highest BCUT2D eigenvalue weighted by molar-refractivity contribution is 5.92. The second-order valence-corrected chi connectivity index (χ2v) is 5.27. The van der Waals surface area contributed by atoms with Gasteiger partial charge in [-0.3, -0.25) is 4.79 Å². The SMILES string of the molecule is C[C@H](c1ccccc1)N(C)C(=O)CNC(=O)Nc1ccccc1. The van der Waals surface area contributed by atoms with Crippen LogP contribution in [0.3, 0.4) is 0 Å². The Balaban J connectivity index is 1.83. The molecule has 0 fully saturated rings. The van der Waals surface area contributed by atoms with Crippen LogP contribution in [0.1, 0.15) is 18.5 Å². The molecule has 3 amide bonds. The first-order valence-corrected chi connectivity index (χ1v) is 7.48. The highest BCUT2D eigenvalue weighted by Gasteiger charge is 2.17. The van der Waals surface area contributed by atoms with Gasteiger partial charge in [-0.15, -0.1) is 0 Å². The van der Waals surface area contributed by atoms with E-state index in [0.29, 0.717) is 5.69 Å². The minimum Gasteiger partial charge on any atom is -0.337 e. The number of likely N-dealkylation sites (N-methyl/N-ethyl adjacent to an activating group) is 1. The van der Waals surface area contributed by atoms with Crippen LogP contribution in [0.5, 0.6) is 0 Å². The van der Waals surface area contributed by atoms with E-state index in [4.69, 9.17) is 0 Å². The van der Waals surface area contributed by atoms with Crippen LogP contribution in [-0.2, 0) is 4.79 Å². The van der Waals surface area contributed by atoms with Crippen LogP contribution < -0.4 is 10.6 Å². The first-order chi connectivity index (χ1) is 11.1. The third kappa shape index (κ3) is 4.85. The zero-order chi connectivity index (χ0) is 16.7. The molecule has 0 aliphatic heterocycles. The molecule has 0 radical (unpaired) electrons. The molecule has 0 spiro atoms. The molecule has 0 unspecified atom stereocenters. The molecular weight excluding hydrogens is 290 g/mol. The van der Waals surface area contributed by atoms with Crippen molar-refractivity contribution in [1.82, 2.24) is 10.2 Å². The highest BCUT2D eigenvalue weighted by atomic mass is 16.2. The smallest absolute Gasteiger partial charge is 0.319 e. The van der Waals surface area contributed by atoms with Gasteiger partial charge in [-0.25, -0.2) is 4.79 Å². The van der Waals surface area contributed by atoms with Gasteiger partial charge in [0.25, 0.3) is 0 Å². The molecule has 0 bridgehead atoms. The van der Waals surface area contributed by atoms with Crippen molar-refractivity contribution in [2.75, 3.05) is 18.9 Å². The van der Waals surface area contributed by atoms with E-state index in [2.05, 4.69) is 10.6 Å². The normalized spacial score (nSPS) is 11.4. The number of urea groups is 1. The highest BCUT2D eigenvalue weighted by Crippen LogP contribution is 2.17. The third-order valence-corrected chi connectivity index (χ3v) is 3.69. The molecule has 2 rings (SSSR count). The summed E-state index contributed by atoms with van der Waals surface area (Å²) in [6.45, 7) is 1.91. The number of hydrogen-bond acceptors (Lipinski definition) is 2. The lowest BCUT2D eigenvalue weighted by Gasteiger charge is -2.25. The van der Waals surface area contributed by atoms with Gasteiger partial charge in [0.2, 0.25) is 5.91 Å². The van der Waals surface area contributed by atoms with Crippen molar-refractivity contribution in [3.8, 4) is 0 Å². The van der Waals surface area contributed by atoms with Gasteiger partial charge in [0.1, 0.15) is 0 Å². The fraction of sp³-hybridized carbons (Fsp3) is 0.222. The third-order valence-electron chi connectivity index (χ3n) is 3.69. The van der Waals surface area contributed by atoms with Crippen LogP contribution in [0.2, 0.25) is 0 Å². The average Bonchev–Trinajstić information content (AvgIpc) is 2.60. The lowest BCUT2D eigenvalue weighted by atomic mass is 10.1. The van der Waals surface area contributed by atoms with Gasteiger partial charge < -0.3 is 15.5 Å². The van der Waals surface area contributed by atoms with Crippen LogP contribution in [0, 0.1) is 0 Å². The number of nitrogens with zero attached hydrogens (tertiary/aromatic N) is 1. The van der Waals surface area contributed by atoms with Crippen LogP contribution in [0.25, 0.3) is 0 Å². The Labute approximate surface area is 136 Å². The van der Waals surface area contributed by atoms with Gasteiger partial charge in [-0.2, -0.15) is 0 Å². The zero-order valence-electron chi connectivity index (χ0n) is 13.3. The molecule has 2 aromatic carbocycles. The molecule has 2 N–H and O–H groups in total. The standard InChI is InChI=1S/C18H21N3O2/c1-14(15-9-5-3-6-10-15)21(2)17(22)13-19-18(23)20-16-11-7-4-8-12-16/h3-12,14H,13H2,1-2H3,(H2,19,20,23)/t14-/m1/s1. The van der Waals surface area contributed by atoms with Crippen molar-refractivity contribution in [2.24, 2.45) is 0 Å². The Morgan fingerprint density at radius 1 is 1.00 bits per heavy atom. The van der Waals surface area contributed by atoms with E-state index in [1.807, 2.05) is 55.5 Å². The molecule has 120 valence electrons. The monoisotopic (exact) mass is 311 g/mol. The molecule has 0 saturated heterocycles. The summed E-state index contributed by atoms with van der Waals surface area (Å²) in [5.74, 6) is -0.149. The lowest BCUT2D eigenvalue weighted by molar-refractivity contribution is -0.130. The van der Waals surface area contributed by atoms with Gasteiger partial charge >= 0.3 is 6.03 Å². The Morgan fingerprint density at radius 2 is 1.57 bits per heavy atom. The van der Waals surface area contributed by atoms with Crippen LogP contribution >= 0.6 is 0 Å². The zero-order valence-corrected chi connectivity index (χ0v) is 13.3. The van der Waals surface area contributed by atoms with Crippen molar-refractivity contribution in [3.63, 3.8) is 0 Å². The van der Waals surface area contributed by atoms with E-state index in [1.54, 1.807) is 24.1 Å². The van der Waals surface area contributed by atoms with Gasteiger partial charge in [-0.1, -0.05) is 48.5 Å². The fourth-order valence-corrected chi connectivity index (χ4v) is 2.15. The van der Waals surface area contributed by atoms with Crippen LogP contribution in [-0.4, -0.2) is 30.4 Å². The van der Waals surface area contributed by atoms with Crippen molar-refractivity contribution in [2.45, 2.75) is 13.0 Å². The summed E-state index contributed by atoms with van der Waals surface area (Å²) in [5, 5.41) is 5.25. The maximum atomic E-state index is 12.2. The molecule has 0 saturated carbocycles. The van der Waals surface area contributed by atoms with E-state index >= 15 is 0 Å². The summed E-state index contributed by atoms with van der Waals surface area (Å²) in [7, 11) is 1.73. The number of carbonyl (C=O) groups is 2. The number of rotatable bonds is 5. The van der Waals surface area contributed by atoms with E-state index in [0.717, 1.165) is 5.56 Å². The van der Waals surface area contributed by atoms with E-state index < -0.39 is 6.03 Å². The molecule has 23 heavy (non-hydrogen) atoms. The number of nitrogens with one attached hydrogen (secondary N) is 2. The maximum Gasteiger partial charge on any atom is 0.319 e. The largest absolute Gasteiger partial charge is 0.337 e. The number of hydrogen-bond donors (Lipinski definition) is 2. The van der Waals surface area contributed by atoms with Gasteiger partial charge in [0, 0.05) is 12.7 Å². The summed E-state index contributed by atoms with van der Waals surface area (Å²) in [5.41, 5.74) is 1.74. The Kier molecular flexibility index (Phi) is 5.74. The quantitative estimate of drug-likeness (QED) is 0.891. The van der Waals surface area contributed by atoms with Crippen molar-refractivity contribution >= 4 is 17.6 Å². The Hall–Kier alpha value is -2.82. The molecular formula is C18H21N3O2. The second-order valence-electron chi connectivity index (χ2n) is 5.27. The molecule has 5 heteroatoms. The summed E-state index contributed by atoms with van der Waals surface area (Å²) in [6.07, 6.45) is 0. The van der Waals surface area contributed by atoms with Crippen molar-refractivity contribution in [1.29, 1.82) is 0 Å². The number of anilines is 1. The first kappa shape index (κ1) is 16.5. The molecule has 0 aliphatic carbocycles. The molecule has 5 nitrogen and oxygen atoms in total. The molecule has 0 aromatic heterocycles. The van der Waals surface area contributed by atoms with Gasteiger partial charge in [0.05, 0.1) is 12.6 Å². The second kappa shape index (κ2) is 7.98. The summed E-state index contributed by atoms with van der Waals surface area (Å²) < 4.78 is 0. The summed E-state index contributed by atoms with van der Waals surface area (Å²) >= 11 is 0. The minimum absolute atomic E-state index is 0.0493. The predicted molar refractivity (Wildman–Crippen MR) is 91.1 cm³/mol. The van der Waals surface area contributed by atoms with Crippen LogP contribution in [0.15, 0.2) is 60.7 Å². The minimum atomic E-state index is -0.398. The topological polar surface area (TPSA) is 61.4 Å². The van der Waals surface area contributed by atoms with Crippen molar-refractivity contribution < 1.29 is 9.59 Å². The molecule has 2 aromatic rings. The van der Waals surface area contributed by atoms with E-state index in [-0.39, 0.29) is 18.5 Å². The number of para-hydroxylation sites is 1. The maximum absolute atomic E-state index is 12.2. The van der Waals surface area contributed by atoms with Gasteiger partial charge in [-0.05, 0) is 24.6 Å². The number of amides is 3. The first-order valence-electron chi connectivity index (χ1n) is 7.48. The average molecular weight is 311 g/mol. The fourth-order valence-electron chi connectivity index (χ4n) is 2.15. The van der Waals surface area contributed by atoms with Gasteiger partial charge in [0.15, 0.2) is 0 Å². The number of carbonyl (C=O) groups excluding carboxylic acids is 2. The molecule has 1 atom stereocenters. The Bertz CT molecular complexity index is 644. The number of benzene rings is 2. The van der Waals surface area contributed by atoms with E-state index in [9.17, 15) is 9.59 Å². The summed E-state index contributed by atoms with van der Waals surface area (Å²) in [4.78, 5) is 25.6. The predicted octanol–water partition coefficient (Wildman–Crippen LogP) is 3.03. The Morgan fingerprint density at radius 3 is 2.17 bits per heavy atom. The van der Waals surface area contributed by atoms with Crippen LogP contribution in [0.4, 0.5) is 10.5 Å².